The Kier molecular flexibility index (Phi) is 4.66. The molecule has 4 unspecified atom stereocenters. The second-order valence-electron chi connectivity index (χ2n) is 7.49. The highest BCUT2D eigenvalue weighted by molar-refractivity contribution is 5.28. The minimum Gasteiger partial charge on any atom is -0.327 e. The van der Waals surface area contributed by atoms with Gasteiger partial charge in [-0.15, -0.1) is 0 Å². The molecule has 2 aliphatic rings. The zero-order chi connectivity index (χ0) is 14.8. The Morgan fingerprint density at radius 1 is 1.14 bits per heavy atom. The molecule has 0 bridgehead atoms. The van der Waals surface area contributed by atoms with E-state index in [2.05, 4.69) is 43.0 Å². The van der Waals surface area contributed by atoms with Gasteiger partial charge in [-0.2, -0.15) is 0 Å². The van der Waals surface area contributed by atoms with Crippen LogP contribution >= 0.6 is 0 Å². The van der Waals surface area contributed by atoms with Crippen LogP contribution in [0.3, 0.4) is 0 Å². The third-order valence-electron chi connectivity index (χ3n) is 5.63. The number of hydrogen-bond donors (Lipinski definition) is 1. The minimum absolute atomic E-state index is 0.391. The van der Waals surface area contributed by atoms with Crippen molar-refractivity contribution in [2.24, 2.45) is 23.5 Å². The fourth-order valence-corrected chi connectivity index (χ4v) is 4.51. The summed E-state index contributed by atoms with van der Waals surface area (Å²) >= 11 is 0. The Morgan fingerprint density at radius 3 is 2.67 bits per heavy atom. The van der Waals surface area contributed by atoms with E-state index in [0.29, 0.717) is 12.0 Å². The summed E-state index contributed by atoms with van der Waals surface area (Å²) in [7, 11) is 0. The van der Waals surface area contributed by atoms with Crippen LogP contribution < -0.4 is 5.73 Å². The molecule has 2 nitrogen and oxygen atoms in total. The van der Waals surface area contributed by atoms with Crippen LogP contribution in [-0.2, 0) is 13.0 Å². The maximum absolute atomic E-state index is 6.48. The molecule has 3 rings (SSSR count). The molecule has 2 heteroatoms. The summed E-state index contributed by atoms with van der Waals surface area (Å²) in [6.07, 6.45) is 5.07. The van der Waals surface area contributed by atoms with Crippen LogP contribution in [0.2, 0.25) is 0 Å². The van der Waals surface area contributed by atoms with Crippen LogP contribution in [0.15, 0.2) is 24.3 Å². The molecule has 1 heterocycles. The molecule has 1 fully saturated rings. The second kappa shape index (κ2) is 6.50. The molecular formula is C19H30N2. The summed E-state index contributed by atoms with van der Waals surface area (Å²) in [6.45, 7) is 8.28. The van der Waals surface area contributed by atoms with Crippen molar-refractivity contribution in [3.8, 4) is 0 Å². The number of fused-ring (bicyclic) bond motifs is 1. The van der Waals surface area contributed by atoms with Crippen molar-refractivity contribution in [1.82, 2.24) is 4.90 Å². The molecule has 1 aromatic carbocycles. The summed E-state index contributed by atoms with van der Waals surface area (Å²) in [6, 6.07) is 9.35. The van der Waals surface area contributed by atoms with Crippen molar-refractivity contribution >= 4 is 0 Å². The summed E-state index contributed by atoms with van der Waals surface area (Å²) in [5, 5.41) is 0. The van der Waals surface area contributed by atoms with Crippen molar-refractivity contribution < 1.29 is 0 Å². The minimum atomic E-state index is 0.391. The van der Waals surface area contributed by atoms with Crippen LogP contribution in [0.1, 0.15) is 44.2 Å². The van der Waals surface area contributed by atoms with Crippen LogP contribution in [0, 0.1) is 17.8 Å². The maximum atomic E-state index is 6.48. The van der Waals surface area contributed by atoms with E-state index in [1.54, 1.807) is 5.56 Å². The summed E-state index contributed by atoms with van der Waals surface area (Å²) < 4.78 is 0. The molecule has 4 atom stereocenters. The van der Waals surface area contributed by atoms with Crippen molar-refractivity contribution in [1.29, 1.82) is 0 Å². The van der Waals surface area contributed by atoms with E-state index >= 15 is 0 Å². The SMILES string of the molecule is CC1CC(C)C(CN2CCCc3ccccc3C2)C(N)C1. The average Bonchev–Trinajstić information content (AvgIpc) is 2.64. The Morgan fingerprint density at radius 2 is 1.90 bits per heavy atom. The first-order chi connectivity index (χ1) is 10.1. The molecule has 1 aliphatic heterocycles. The van der Waals surface area contributed by atoms with E-state index in [1.807, 2.05) is 0 Å². The Labute approximate surface area is 129 Å². The van der Waals surface area contributed by atoms with E-state index < -0.39 is 0 Å². The van der Waals surface area contributed by atoms with Gasteiger partial charge in [0.25, 0.3) is 0 Å². The van der Waals surface area contributed by atoms with Crippen molar-refractivity contribution in [2.45, 2.75) is 52.1 Å². The van der Waals surface area contributed by atoms with Crippen molar-refractivity contribution in [2.75, 3.05) is 13.1 Å². The van der Waals surface area contributed by atoms with Gasteiger partial charge in [0.05, 0.1) is 0 Å². The number of benzene rings is 1. The van der Waals surface area contributed by atoms with Gasteiger partial charge < -0.3 is 5.73 Å². The van der Waals surface area contributed by atoms with Gasteiger partial charge in [0, 0.05) is 19.1 Å². The first-order valence-corrected chi connectivity index (χ1v) is 8.68. The molecule has 0 aromatic heterocycles. The van der Waals surface area contributed by atoms with Gasteiger partial charge in [-0.1, -0.05) is 38.1 Å². The molecule has 1 aromatic rings. The molecule has 0 spiro atoms. The van der Waals surface area contributed by atoms with Crippen molar-refractivity contribution in [3.05, 3.63) is 35.4 Å². The number of nitrogens with two attached hydrogens (primary N) is 1. The highest BCUT2D eigenvalue weighted by Crippen LogP contribution is 2.34. The van der Waals surface area contributed by atoms with Gasteiger partial charge >= 0.3 is 0 Å². The lowest BCUT2D eigenvalue weighted by Gasteiger charge is -2.40. The second-order valence-corrected chi connectivity index (χ2v) is 7.49. The number of rotatable bonds is 2. The predicted octanol–water partition coefficient (Wildman–Crippen LogP) is 3.44. The highest BCUT2D eigenvalue weighted by Gasteiger charge is 2.33. The molecule has 0 radical (unpaired) electrons. The third kappa shape index (κ3) is 3.49. The monoisotopic (exact) mass is 286 g/mol. The molecule has 0 amide bonds. The van der Waals surface area contributed by atoms with Crippen molar-refractivity contribution in [3.63, 3.8) is 0 Å². The fourth-order valence-electron chi connectivity index (χ4n) is 4.51. The third-order valence-corrected chi connectivity index (χ3v) is 5.63. The Hall–Kier alpha value is -0.860. The highest BCUT2D eigenvalue weighted by atomic mass is 15.1. The maximum Gasteiger partial charge on any atom is 0.0236 e. The average molecular weight is 286 g/mol. The standard InChI is InChI=1S/C19H30N2/c1-14-10-15(2)18(19(20)11-14)13-21-9-5-8-16-6-3-4-7-17(16)12-21/h3-4,6-7,14-15,18-19H,5,8-13,20H2,1-2H3. The van der Waals surface area contributed by atoms with Gasteiger partial charge in [0.2, 0.25) is 0 Å². The topological polar surface area (TPSA) is 29.3 Å². The molecule has 21 heavy (non-hydrogen) atoms. The number of nitrogens with zero attached hydrogens (tertiary/aromatic N) is 1. The lowest BCUT2D eigenvalue weighted by Crippen LogP contribution is -2.46. The summed E-state index contributed by atoms with van der Waals surface area (Å²) in [5.41, 5.74) is 9.56. The van der Waals surface area contributed by atoms with E-state index in [4.69, 9.17) is 5.73 Å². The zero-order valence-electron chi connectivity index (χ0n) is 13.6. The Bertz CT molecular complexity index is 458. The molecule has 1 aliphatic carbocycles. The Balaban J connectivity index is 1.67. The van der Waals surface area contributed by atoms with Crippen LogP contribution in [0.4, 0.5) is 0 Å². The largest absolute Gasteiger partial charge is 0.327 e. The normalized spacial score (nSPS) is 34.2. The van der Waals surface area contributed by atoms with E-state index in [-0.39, 0.29) is 0 Å². The molecular weight excluding hydrogens is 256 g/mol. The van der Waals surface area contributed by atoms with E-state index in [0.717, 1.165) is 18.4 Å². The number of aryl methyl sites for hydroxylation is 1. The fraction of sp³-hybridized carbons (Fsp3) is 0.684. The van der Waals surface area contributed by atoms with Gasteiger partial charge in [0.15, 0.2) is 0 Å². The molecule has 0 saturated heterocycles. The van der Waals surface area contributed by atoms with Gasteiger partial charge in [-0.05, 0) is 61.1 Å². The lowest BCUT2D eigenvalue weighted by molar-refractivity contribution is 0.115. The lowest BCUT2D eigenvalue weighted by atomic mass is 9.72. The van der Waals surface area contributed by atoms with Gasteiger partial charge in [0.1, 0.15) is 0 Å². The smallest absolute Gasteiger partial charge is 0.0236 e. The van der Waals surface area contributed by atoms with Gasteiger partial charge in [-0.3, -0.25) is 4.90 Å². The summed E-state index contributed by atoms with van der Waals surface area (Å²) in [4.78, 5) is 2.66. The van der Waals surface area contributed by atoms with Crippen LogP contribution in [0.5, 0.6) is 0 Å². The van der Waals surface area contributed by atoms with E-state index in [9.17, 15) is 0 Å². The van der Waals surface area contributed by atoms with E-state index in [1.165, 1.54) is 44.3 Å². The zero-order valence-corrected chi connectivity index (χ0v) is 13.6. The first-order valence-electron chi connectivity index (χ1n) is 8.68. The quantitative estimate of drug-likeness (QED) is 0.902. The molecule has 1 saturated carbocycles. The predicted molar refractivity (Wildman–Crippen MR) is 89.1 cm³/mol. The van der Waals surface area contributed by atoms with Gasteiger partial charge in [-0.25, -0.2) is 0 Å². The van der Waals surface area contributed by atoms with Crippen LogP contribution in [0.25, 0.3) is 0 Å². The van der Waals surface area contributed by atoms with Crippen LogP contribution in [-0.4, -0.2) is 24.0 Å². The number of hydrogen-bond acceptors (Lipinski definition) is 2. The first kappa shape index (κ1) is 15.1. The molecule has 116 valence electrons. The summed E-state index contributed by atoms with van der Waals surface area (Å²) in [5.74, 6) is 2.24. The molecule has 2 N–H and O–H groups in total.